The van der Waals surface area contributed by atoms with Gasteiger partial charge in [-0.1, -0.05) is 6.92 Å². The molecule has 0 unspecified atom stereocenters. The van der Waals surface area contributed by atoms with E-state index in [4.69, 9.17) is 4.42 Å². The Hall–Kier alpha value is -1.82. The highest BCUT2D eigenvalue weighted by atomic mass is 16.3. The van der Waals surface area contributed by atoms with Crippen LogP contribution in [-0.4, -0.2) is 72.3 Å². The molecule has 0 aliphatic carbocycles. The topological polar surface area (TPSA) is 57.0 Å². The lowest BCUT2D eigenvalue weighted by Gasteiger charge is -2.38. The van der Waals surface area contributed by atoms with Gasteiger partial charge in [0.1, 0.15) is 6.26 Å². The Labute approximate surface area is 137 Å². The van der Waals surface area contributed by atoms with Gasteiger partial charge >= 0.3 is 0 Å². The van der Waals surface area contributed by atoms with Crippen LogP contribution in [0, 0.1) is 5.92 Å². The number of nitrogens with zero attached hydrogens (tertiary/aromatic N) is 3. The molecule has 0 bridgehead atoms. The molecule has 3 heterocycles. The van der Waals surface area contributed by atoms with Gasteiger partial charge in [0.05, 0.1) is 11.8 Å². The van der Waals surface area contributed by atoms with E-state index < -0.39 is 0 Å². The van der Waals surface area contributed by atoms with Crippen LogP contribution < -0.4 is 0 Å². The number of piperazine rings is 1. The van der Waals surface area contributed by atoms with Crippen molar-refractivity contribution >= 4 is 11.8 Å². The second-order valence-corrected chi connectivity index (χ2v) is 6.34. The molecule has 1 aromatic rings. The van der Waals surface area contributed by atoms with Crippen molar-refractivity contribution in [2.45, 2.75) is 19.8 Å². The fourth-order valence-electron chi connectivity index (χ4n) is 3.44. The lowest BCUT2D eigenvalue weighted by atomic mass is 9.94. The summed E-state index contributed by atoms with van der Waals surface area (Å²) >= 11 is 0. The number of carbonyl (C=O) groups excluding carboxylic acids is 2. The van der Waals surface area contributed by atoms with E-state index in [0.29, 0.717) is 18.7 Å². The van der Waals surface area contributed by atoms with Gasteiger partial charge in [0.2, 0.25) is 5.91 Å². The fraction of sp³-hybridized carbons (Fsp3) is 0.647. The zero-order chi connectivity index (χ0) is 16.2. The third-order valence-corrected chi connectivity index (χ3v) is 5.03. The molecular formula is C17H25N3O3. The molecule has 0 spiro atoms. The van der Waals surface area contributed by atoms with E-state index in [1.165, 1.54) is 12.5 Å². The molecule has 0 N–H and O–H groups in total. The van der Waals surface area contributed by atoms with Gasteiger partial charge in [-0.05, 0) is 25.5 Å². The number of hydrogen-bond acceptors (Lipinski definition) is 4. The molecule has 0 radical (unpaired) electrons. The minimum absolute atomic E-state index is 0.00112. The van der Waals surface area contributed by atoms with E-state index in [1.54, 1.807) is 6.07 Å². The normalized spacial score (nSPS) is 20.7. The Morgan fingerprint density at radius 2 is 1.78 bits per heavy atom. The van der Waals surface area contributed by atoms with Crippen LogP contribution in [0.15, 0.2) is 23.0 Å². The van der Waals surface area contributed by atoms with E-state index in [1.807, 2.05) is 9.80 Å². The summed E-state index contributed by atoms with van der Waals surface area (Å²) in [5, 5.41) is 0. The van der Waals surface area contributed by atoms with Crippen LogP contribution in [0.3, 0.4) is 0 Å². The summed E-state index contributed by atoms with van der Waals surface area (Å²) in [7, 11) is 0. The number of likely N-dealkylation sites (tertiary alicyclic amines) is 1. The predicted molar refractivity (Wildman–Crippen MR) is 86.0 cm³/mol. The van der Waals surface area contributed by atoms with Crippen molar-refractivity contribution in [3.05, 3.63) is 24.2 Å². The van der Waals surface area contributed by atoms with Gasteiger partial charge in [0.25, 0.3) is 5.91 Å². The van der Waals surface area contributed by atoms with Crippen molar-refractivity contribution in [2.24, 2.45) is 5.92 Å². The molecule has 126 valence electrons. The zero-order valence-corrected chi connectivity index (χ0v) is 13.7. The van der Waals surface area contributed by atoms with Gasteiger partial charge in [-0.15, -0.1) is 0 Å². The molecule has 2 fully saturated rings. The number of furan rings is 1. The van der Waals surface area contributed by atoms with Crippen molar-refractivity contribution < 1.29 is 14.0 Å². The molecule has 23 heavy (non-hydrogen) atoms. The fourth-order valence-corrected chi connectivity index (χ4v) is 3.44. The molecule has 0 atom stereocenters. The first kappa shape index (κ1) is 16.1. The molecule has 6 heteroatoms. The maximum Gasteiger partial charge on any atom is 0.257 e. The highest BCUT2D eigenvalue weighted by Crippen LogP contribution is 2.22. The van der Waals surface area contributed by atoms with Crippen LogP contribution in [0.25, 0.3) is 0 Å². The van der Waals surface area contributed by atoms with E-state index in [0.717, 1.165) is 45.6 Å². The number of carbonyl (C=O) groups is 2. The molecule has 2 saturated heterocycles. The number of piperidine rings is 1. The number of hydrogen-bond donors (Lipinski definition) is 0. The molecule has 6 nitrogen and oxygen atoms in total. The number of rotatable bonds is 3. The second-order valence-electron chi connectivity index (χ2n) is 6.34. The maximum absolute atomic E-state index is 12.6. The Balaban J connectivity index is 1.49. The lowest BCUT2D eigenvalue weighted by molar-refractivity contribution is -0.138. The third-order valence-electron chi connectivity index (χ3n) is 5.03. The second kappa shape index (κ2) is 7.17. The molecule has 0 saturated carbocycles. The summed E-state index contributed by atoms with van der Waals surface area (Å²) in [6, 6.07) is 1.69. The number of amides is 2. The number of likely N-dealkylation sites (N-methyl/N-ethyl adjacent to an activating group) is 1. The average Bonchev–Trinajstić information content (AvgIpc) is 3.15. The summed E-state index contributed by atoms with van der Waals surface area (Å²) < 4.78 is 4.97. The highest BCUT2D eigenvalue weighted by molar-refractivity contribution is 5.94. The van der Waals surface area contributed by atoms with Crippen molar-refractivity contribution in [3.8, 4) is 0 Å². The van der Waals surface area contributed by atoms with Gasteiger partial charge in [-0.25, -0.2) is 0 Å². The monoisotopic (exact) mass is 319 g/mol. The molecule has 2 aliphatic rings. The van der Waals surface area contributed by atoms with Crippen LogP contribution in [0.4, 0.5) is 0 Å². The largest absolute Gasteiger partial charge is 0.472 e. The van der Waals surface area contributed by atoms with E-state index in [9.17, 15) is 9.59 Å². The van der Waals surface area contributed by atoms with E-state index in [-0.39, 0.29) is 17.7 Å². The first-order chi connectivity index (χ1) is 11.2. The highest BCUT2D eigenvalue weighted by Gasteiger charge is 2.31. The lowest BCUT2D eigenvalue weighted by Crippen LogP contribution is -2.51. The van der Waals surface area contributed by atoms with Crippen molar-refractivity contribution in [1.82, 2.24) is 14.7 Å². The molecule has 3 rings (SSSR count). The molecule has 1 aromatic heterocycles. The molecular weight excluding hydrogens is 294 g/mol. The first-order valence-electron chi connectivity index (χ1n) is 8.51. The van der Waals surface area contributed by atoms with Gasteiger partial charge < -0.3 is 19.1 Å². The summed E-state index contributed by atoms with van der Waals surface area (Å²) in [4.78, 5) is 31.1. The maximum atomic E-state index is 12.6. The van der Waals surface area contributed by atoms with Crippen molar-refractivity contribution in [2.75, 3.05) is 45.8 Å². The SMILES string of the molecule is CCN1CCN(C(=O)C2CCN(C(=O)c3ccoc3)CC2)CC1. The van der Waals surface area contributed by atoms with Crippen LogP contribution >= 0.6 is 0 Å². The Morgan fingerprint density at radius 1 is 1.09 bits per heavy atom. The Kier molecular flexibility index (Phi) is 5.00. The van der Waals surface area contributed by atoms with Crippen LogP contribution in [0.5, 0.6) is 0 Å². The predicted octanol–water partition coefficient (Wildman–Crippen LogP) is 1.30. The van der Waals surface area contributed by atoms with Gasteiger partial charge in [0, 0.05) is 45.2 Å². The Bertz CT molecular complexity index is 527. The minimum atomic E-state index is 0.00112. The Morgan fingerprint density at radius 3 is 2.35 bits per heavy atom. The van der Waals surface area contributed by atoms with Gasteiger partial charge in [-0.3, -0.25) is 9.59 Å². The smallest absolute Gasteiger partial charge is 0.257 e. The minimum Gasteiger partial charge on any atom is -0.472 e. The van der Waals surface area contributed by atoms with Gasteiger partial charge in [-0.2, -0.15) is 0 Å². The molecule has 2 aliphatic heterocycles. The third kappa shape index (κ3) is 3.58. The van der Waals surface area contributed by atoms with Crippen molar-refractivity contribution in [1.29, 1.82) is 0 Å². The first-order valence-corrected chi connectivity index (χ1v) is 8.51. The average molecular weight is 319 g/mol. The van der Waals surface area contributed by atoms with E-state index in [2.05, 4.69) is 11.8 Å². The molecule has 2 amide bonds. The quantitative estimate of drug-likeness (QED) is 0.842. The summed E-state index contributed by atoms with van der Waals surface area (Å²) in [6.07, 6.45) is 4.51. The summed E-state index contributed by atoms with van der Waals surface area (Å²) in [5.41, 5.74) is 0.588. The van der Waals surface area contributed by atoms with Crippen LogP contribution in [0.2, 0.25) is 0 Å². The zero-order valence-electron chi connectivity index (χ0n) is 13.7. The van der Waals surface area contributed by atoms with Crippen LogP contribution in [0.1, 0.15) is 30.1 Å². The van der Waals surface area contributed by atoms with Crippen molar-refractivity contribution in [3.63, 3.8) is 0 Å². The van der Waals surface area contributed by atoms with Gasteiger partial charge in [0.15, 0.2) is 0 Å². The molecule has 0 aromatic carbocycles. The summed E-state index contributed by atoms with van der Waals surface area (Å²) in [5.74, 6) is 0.342. The summed E-state index contributed by atoms with van der Waals surface area (Å²) in [6.45, 7) is 8.12. The standard InChI is InChI=1S/C17H25N3O3/c1-2-18-8-10-20(11-9-18)16(21)14-3-6-19(7-4-14)17(22)15-5-12-23-13-15/h5,12-14H,2-4,6-11H2,1H3. The van der Waals surface area contributed by atoms with E-state index >= 15 is 0 Å². The van der Waals surface area contributed by atoms with Crippen LogP contribution in [-0.2, 0) is 4.79 Å².